The molecule has 6 heteroatoms. The van der Waals surface area contributed by atoms with Crippen LogP contribution >= 0.6 is 0 Å². The largest absolute Gasteiger partial charge is 0.274 e. The van der Waals surface area contributed by atoms with Gasteiger partial charge in [0.25, 0.3) is 23.6 Å². The molecule has 2 heterocycles. The zero-order chi connectivity index (χ0) is 40.7. The number of benzene rings is 6. The standard InChI is InChI=1S/C52H58N2O4/c1-6-11-14-15-18-34-19-21-35(22-20-34)42-29-43-47-41(51(57)54(52(43)58)31-33(10-5)17-13-8-3)27-24-37-36-23-26-39-46-40(28-25-38(44(36)46)45(42)48(37)47)50(56)53(49(39)55)30-32(9-4)16-12-7-2/h19-29,32-33H,6-18,30-31H2,1-5H3. The summed E-state index contributed by atoms with van der Waals surface area (Å²) in [7, 11) is 0. The predicted octanol–water partition coefficient (Wildman–Crippen LogP) is 13.2. The fourth-order valence-corrected chi connectivity index (χ4v) is 9.98. The minimum Gasteiger partial charge on any atom is -0.274 e. The van der Waals surface area contributed by atoms with E-state index < -0.39 is 0 Å². The molecule has 2 unspecified atom stereocenters. The van der Waals surface area contributed by atoms with E-state index in [9.17, 15) is 19.2 Å². The van der Waals surface area contributed by atoms with Crippen LogP contribution < -0.4 is 0 Å². The Hall–Kier alpha value is -5.10. The number of unbranched alkanes of at least 4 members (excludes halogenated alkanes) is 5. The van der Waals surface area contributed by atoms with E-state index in [-0.39, 0.29) is 35.5 Å². The predicted molar refractivity (Wildman–Crippen MR) is 238 cm³/mol. The van der Waals surface area contributed by atoms with Gasteiger partial charge in [-0.15, -0.1) is 0 Å². The quantitative estimate of drug-likeness (QED) is 0.0377. The molecule has 4 amide bonds. The minimum absolute atomic E-state index is 0.234. The van der Waals surface area contributed by atoms with Crippen LogP contribution in [0.3, 0.4) is 0 Å². The van der Waals surface area contributed by atoms with Crippen LogP contribution in [0.1, 0.15) is 159 Å². The molecular formula is C52H58N2O4. The van der Waals surface area contributed by atoms with Crippen LogP contribution in [0.15, 0.2) is 66.7 Å². The number of nitrogens with zero attached hydrogens (tertiary/aromatic N) is 2. The van der Waals surface area contributed by atoms with Gasteiger partial charge in [-0.2, -0.15) is 0 Å². The van der Waals surface area contributed by atoms with Gasteiger partial charge in [0.05, 0.1) is 0 Å². The molecule has 6 nitrogen and oxygen atoms in total. The zero-order valence-corrected chi connectivity index (χ0v) is 35.1. The van der Waals surface area contributed by atoms with Crippen molar-refractivity contribution in [1.29, 1.82) is 0 Å². The highest BCUT2D eigenvalue weighted by Gasteiger charge is 2.38. The molecular weight excluding hydrogens is 717 g/mol. The molecule has 0 fully saturated rings. The van der Waals surface area contributed by atoms with Gasteiger partial charge in [-0.05, 0) is 111 Å². The smallest absolute Gasteiger partial charge is 0.261 e. The summed E-state index contributed by atoms with van der Waals surface area (Å²) >= 11 is 0. The number of hydrogen-bond acceptors (Lipinski definition) is 4. The number of fused-ring (bicyclic) bond motifs is 2. The van der Waals surface area contributed by atoms with E-state index in [0.29, 0.717) is 46.1 Å². The molecule has 2 aliphatic rings. The van der Waals surface area contributed by atoms with E-state index in [1.807, 2.05) is 42.5 Å². The van der Waals surface area contributed by atoms with Crippen molar-refractivity contribution in [2.45, 2.75) is 118 Å². The third-order valence-electron chi connectivity index (χ3n) is 13.5. The first kappa shape index (κ1) is 39.7. The fourth-order valence-electron chi connectivity index (χ4n) is 9.98. The first-order valence-electron chi connectivity index (χ1n) is 22.3. The van der Waals surface area contributed by atoms with Gasteiger partial charge in [-0.3, -0.25) is 29.0 Å². The SMILES string of the molecule is CCCCCCc1ccc(-c2cc3c4c(ccc5c6ccc7c8c(ccc(c2c45)c86)C(=O)N(CC(CC)CCCC)C7=O)C(=O)N(CC(CC)CCCC)C3=O)cc1. The minimum atomic E-state index is -0.235. The van der Waals surface area contributed by atoms with E-state index in [0.717, 1.165) is 108 Å². The average molecular weight is 775 g/mol. The Labute approximate surface area is 343 Å². The van der Waals surface area contributed by atoms with Gasteiger partial charge in [0.15, 0.2) is 0 Å². The Kier molecular flexibility index (Phi) is 11.4. The topological polar surface area (TPSA) is 74.8 Å². The fraction of sp³-hybridized carbons (Fsp3) is 0.423. The van der Waals surface area contributed by atoms with Gasteiger partial charge in [0.2, 0.25) is 0 Å². The third-order valence-corrected chi connectivity index (χ3v) is 13.5. The molecule has 0 spiro atoms. The lowest BCUT2D eigenvalue weighted by Crippen LogP contribution is -2.43. The molecule has 0 saturated heterocycles. The van der Waals surface area contributed by atoms with E-state index >= 15 is 0 Å². The van der Waals surface area contributed by atoms with E-state index in [1.165, 1.54) is 34.6 Å². The average Bonchev–Trinajstić information content (AvgIpc) is 3.25. The van der Waals surface area contributed by atoms with Crippen molar-refractivity contribution in [3.05, 3.63) is 94.5 Å². The van der Waals surface area contributed by atoms with Crippen molar-refractivity contribution in [2.24, 2.45) is 11.8 Å². The van der Waals surface area contributed by atoms with E-state index in [2.05, 4.69) is 58.9 Å². The maximum atomic E-state index is 14.7. The number of hydrogen-bond donors (Lipinski definition) is 0. The van der Waals surface area contributed by atoms with Crippen LogP contribution in [0.2, 0.25) is 0 Å². The summed E-state index contributed by atoms with van der Waals surface area (Å²) in [6, 6.07) is 22.6. The van der Waals surface area contributed by atoms with E-state index in [4.69, 9.17) is 0 Å². The number of carbonyl (C=O) groups excluding carboxylic acids is 4. The molecule has 8 rings (SSSR count). The van der Waals surface area contributed by atoms with Gasteiger partial charge >= 0.3 is 0 Å². The highest BCUT2D eigenvalue weighted by atomic mass is 16.2. The molecule has 2 atom stereocenters. The van der Waals surface area contributed by atoms with Crippen molar-refractivity contribution in [3.8, 4) is 11.1 Å². The van der Waals surface area contributed by atoms with Crippen LogP contribution in [-0.4, -0.2) is 46.5 Å². The Morgan fingerprint density at radius 3 is 1.43 bits per heavy atom. The Balaban J connectivity index is 1.35. The zero-order valence-electron chi connectivity index (χ0n) is 35.1. The van der Waals surface area contributed by atoms with Gasteiger partial charge < -0.3 is 0 Å². The number of carbonyl (C=O) groups is 4. The van der Waals surface area contributed by atoms with Gasteiger partial charge in [-0.1, -0.05) is 135 Å². The van der Waals surface area contributed by atoms with Crippen molar-refractivity contribution in [2.75, 3.05) is 13.1 Å². The summed E-state index contributed by atoms with van der Waals surface area (Å²) in [5, 5.41) is 6.86. The molecule has 6 aromatic carbocycles. The van der Waals surface area contributed by atoms with Crippen molar-refractivity contribution in [1.82, 2.24) is 9.80 Å². The molecule has 0 radical (unpaired) electrons. The monoisotopic (exact) mass is 774 g/mol. The highest BCUT2D eigenvalue weighted by Crippen LogP contribution is 2.49. The molecule has 2 aliphatic heterocycles. The van der Waals surface area contributed by atoms with Crippen LogP contribution in [0, 0.1) is 11.8 Å². The van der Waals surface area contributed by atoms with Crippen molar-refractivity contribution < 1.29 is 19.2 Å². The van der Waals surface area contributed by atoms with Crippen LogP contribution in [-0.2, 0) is 6.42 Å². The number of imide groups is 2. The molecule has 0 aromatic heterocycles. The first-order valence-corrected chi connectivity index (χ1v) is 22.3. The lowest BCUT2D eigenvalue weighted by atomic mass is 9.79. The van der Waals surface area contributed by atoms with Gasteiger partial charge in [0.1, 0.15) is 0 Å². The second-order valence-corrected chi connectivity index (χ2v) is 17.1. The highest BCUT2D eigenvalue weighted by molar-refractivity contribution is 6.43. The number of aryl methyl sites for hydroxylation is 1. The Morgan fingerprint density at radius 2 is 0.914 bits per heavy atom. The lowest BCUT2D eigenvalue weighted by Gasteiger charge is -2.33. The normalized spacial score (nSPS) is 15.3. The molecule has 0 aliphatic carbocycles. The molecule has 0 saturated carbocycles. The van der Waals surface area contributed by atoms with Crippen LogP contribution in [0.4, 0.5) is 0 Å². The summed E-state index contributed by atoms with van der Waals surface area (Å²) in [5.41, 5.74) is 5.42. The first-order chi connectivity index (χ1) is 28.3. The van der Waals surface area contributed by atoms with Crippen LogP contribution in [0.25, 0.3) is 54.2 Å². The maximum absolute atomic E-state index is 14.7. The summed E-state index contributed by atoms with van der Waals surface area (Å²) < 4.78 is 0. The summed E-state index contributed by atoms with van der Waals surface area (Å²) in [4.78, 5) is 60.9. The lowest BCUT2D eigenvalue weighted by molar-refractivity contribution is 0.0565. The third kappa shape index (κ3) is 6.66. The van der Waals surface area contributed by atoms with Crippen LogP contribution in [0.5, 0.6) is 0 Å². The number of amides is 4. The molecule has 6 aromatic rings. The molecule has 300 valence electrons. The van der Waals surface area contributed by atoms with E-state index in [1.54, 1.807) is 0 Å². The summed E-state index contributed by atoms with van der Waals surface area (Å²) in [6.07, 6.45) is 13.9. The van der Waals surface area contributed by atoms with Crippen molar-refractivity contribution in [3.63, 3.8) is 0 Å². The summed E-state index contributed by atoms with van der Waals surface area (Å²) in [5.74, 6) is -0.443. The van der Waals surface area contributed by atoms with Crippen molar-refractivity contribution >= 4 is 66.7 Å². The second kappa shape index (κ2) is 16.6. The number of rotatable bonds is 18. The maximum Gasteiger partial charge on any atom is 0.261 e. The molecule has 0 N–H and O–H groups in total. The Morgan fingerprint density at radius 1 is 0.431 bits per heavy atom. The molecule has 58 heavy (non-hydrogen) atoms. The molecule has 0 bridgehead atoms. The second-order valence-electron chi connectivity index (χ2n) is 17.1. The summed E-state index contributed by atoms with van der Waals surface area (Å²) in [6.45, 7) is 11.7. The Bertz CT molecular complexity index is 2530. The van der Waals surface area contributed by atoms with Gasteiger partial charge in [-0.25, -0.2) is 0 Å². The van der Waals surface area contributed by atoms with Gasteiger partial charge in [0, 0.05) is 46.1 Å².